The molecule has 6 nitrogen and oxygen atoms in total. The summed E-state index contributed by atoms with van der Waals surface area (Å²) < 4.78 is 7.36. The van der Waals surface area contributed by atoms with Crippen molar-refractivity contribution in [3.63, 3.8) is 0 Å². The standard InChI is InChI=1S/C26H24ClN3O3/c1-15-13-20-24(17-7-9-18(27)10-8-17)19(14-23(32)33-3)16(2)25-26(20)29(15)11-12-30(25)21-5-4-6-22(31)28-21/h4-10,13H,11-12,14H2,1-3H3,(H,28,31). The highest BCUT2D eigenvalue weighted by atomic mass is 35.5. The van der Waals surface area contributed by atoms with Crippen LogP contribution in [-0.2, 0) is 22.5 Å². The number of H-pyrrole nitrogens is 1. The Kier molecular flexibility index (Phi) is 5.25. The van der Waals surface area contributed by atoms with E-state index >= 15 is 0 Å². The molecular weight excluding hydrogens is 438 g/mol. The van der Waals surface area contributed by atoms with Gasteiger partial charge in [0.05, 0.1) is 24.7 Å². The van der Waals surface area contributed by atoms with Gasteiger partial charge in [-0.1, -0.05) is 29.8 Å². The molecule has 168 valence electrons. The molecule has 0 aliphatic carbocycles. The molecule has 1 aliphatic rings. The first kappa shape index (κ1) is 21.3. The summed E-state index contributed by atoms with van der Waals surface area (Å²) in [7, 11) is 1.41. The number of nitrogens with one attached hydrogen (secondary N) is 1. The fourth-order valence-electron chi connectivity index (χ4n) is 4.94. The minimum atomic E-state index is -0.300. The molecule has 7 heteroatoms. The Morgan fingerprint density at radius 3 is 2.58 bits per heavy atom. The Labute approximate surface area is 196 Å². The van der Waals surface area contributed by atoms with Gasteiger partial charge >= 0.3 is 5.97 Å². The van der Waals surface area contributed by atoms with E-state index in [1.807, 2.05) is 37.3 Å². The van der Waals surface area contributed by atoms with Crippen LogP contribution in [0.3, 0.4) is 0 Å². The van der Waals surface area contributed by atoms with Crippen molar-refractivity contribution < 1.29 is 9.53 Å². The van der Waals surface area contributed by atoms with E-state index in [1.54, 1.807) is 6.07 Å². The number of benzene rings is 2. The van der Waals surface area contributed by atoms with E-state index in [4.69, 9.17) is 16.3 Å². The zero-order valence-corrected chi connectivity index (χ0v) is 19.5. The Bertz CT molecular complexity index is 1450. The number of carbonyl (C=O) groups is 1. The second-order valence-corrected chi connectivity index (χ2v) is 8.77. The van der Waals surface area contributed by atoms with Gasteiger partial charge in [-0.05, 0) is 60.4 Å². The maximum Gasteiger partial charge on any atom is 0.310 e. The van der Waals surface area contributed by atoms with E-state index in [0.29, 0.717) is 11.6 Å². The molecule has 0 spiro atoms. The molecular formula is C26H24ClN3O3. The van der Waals surface area contributed by atoms with E-state index in [-0.39, 0.29) is 17.9 Å². The smallest absolute Gasteiger partial charge is 0.310 e. The number of methoxy groups -OCH3 is 1. The molecule has 0 unspecified atom stereocenters. The topological polar surface area (TPSA) is 67.3 Å². The molecule has 0 radical (unpaired) electrons. The second kappa shape index (κ2) is 8.12. The zero-order valence-electron chi connectivity index (χ0n) is 18.7. The number of hydrogen-bond donors (Lipinski definition) is 1. The average Bonchev–Trinajstić information content (AvgIpc) is 3.14. The Morgan fingerprint density at radius 1 is 1.12 bits per heavy atom. The van der Waals surface area contributed by atoms with E-state index in [0.717, 1.165) is 56.9 Å². The molecule has 3 heterocycles. The van der Waals surface area contributed by atoms with Crippen LogP contribution in [0.25, 0.3) is 22.0 Å². The van der Waals surface area contributed by atoms with Crippen LogP contribution in [-0.4, -0.2) is 29.2 Å². The predicted octanol–water partition coefficient (Wildman–Crippen LogP) is 5.13. The predicted molar refractivity (Wildman–Crippen MR) is 132 cm³/mol. The Hall–Kier alpha value is -3.51. The van der Waals surface area contributed by atoms with Crippen LogP contribution in [0.5, 0.6) is 0 Å². The SMILES string of the molecule is COC(=O)Cc1c(C)c2c3c(cc(C)n3CCN2c2cccc(=O)[nH]2)c1-c1ccc(Cl)cc1. The summed E-state index contributed by atoms with van der Waals surface area (Å²) in [5, 5.41) is 1.73. The van der Waals surface area contributed by atoms with Crippen molar-refractivity contribution in [1.29, 1.82) is 0 Å². The van der Waals surface area contributed by atoms with Crippen molar-refractivity contribution in [1.82, 2.24) is 9.55 Å². The van der Waals surface area contributed by atoms with Crippen LogP contribution in [0, 0.1) is 13.8 Å². The highest BCUT2D eigenvalue weighted by Gasteiger charge is 2.29. The molecule has 1 aliphatic heterocycles. The van der Waals surface area contributed by atoms with Crippen molar-refractivity contribution in [3.8, 4) is 11.1 Å². The molecule has 0 amide bonds. The van der Waals surface area contributed by atoms with Crippen molar-refractivity contribution in [2.24, 2.45) is 0 Å². The van der Waals surface area contributed by atoms with Gasteiger partial charge in [0.15, 0.2) is 0 Å². The molecule has 2 aromatic carbocycles. The number of rotatable bonds is 4. The lowest BCUT2D eigenvalue weighted by atomic mass is 9.88. The molecule has 1 N–H and O–H groups in total. The van der Waals surface area contributed by atoms with Crippen LogP contribution in [0.4, 0.5) is 11.5 Å². The number of halogens is 1. The normalized spacial score (nSPS) is 12.9. The number of anilines is 2. The summed E-state index contributed by atoms with van der Waals surface area (Å²) in [5.74, 6) is 0.437. The van der Waals surface area contributed by atoms with E-state index in [2.05, 4.69) is 27.4 Å². The number of aromatic nitrogens is 2. The quantitative estimate of drug-likeness (QED) is 0.427. The summed E-state index contributed by atoms with van der Waals surface area (Å²) in [5.41, 5.74) is 7.01. The molecule has 0 saturated heterocycles. The van der Waals surface area contributed by atoms with Gasteiger partial charge in [-0.15, -0.1) is 0 Å². The van der Waals surface area contributed by atoms with Crippen molar-refractivity contribution in [2.75, 3.05) is 18.6 Å². The summed E-state index contributed by atoms with van der Waals surface area (Å²) in [6.07, 6.45) is 0.145. The van der Waals surface area contributed by atoms with Crippen molar-refractivity contribution >= 4 is 40.0 Å². The highest BCUT2D eigenvalue weighted by molar-refractivity contribution is 6.30. The van der Waals surface area contributed by atoms with E-state index in [9.17, 15) is 9.59 Å². The van der Waals surface area contributed by atoms with Crippen LogP contribution in [0.1, 0.15) is 16.8 Å². The lowest BCUT2D eigenvalue weighted by Gasteiger charge is -2.34. The third kappa shape index (κ3) is 3.51. The first-order chi connectivity index (χ1) is 15.9. The number of hydrogen-bond acceptors (Lipinski definition) is 4. The third-order valence-electron chi connectivity index (χ3n) is 6.45. The van der Waals surface area contributed by atoms with Gasteiger partial charge in [0.2, 0.25) is 5.56 Å². The van der Waals surface area contributed by atoms with Gasteiger partial charge in [0, 0.05) is 35.3 Å². The zero-order chi connectivity index (χ0) is 23.3. The summed E-state index contributed by atoms with van der Waals surface area (Å²) in [4.78, 5) is 29.7. The minimum Gasteiger partial charge on any atom is -0.469 e. The summed E-state index contributed by atoms with van der Waals surface area (Å²) >= 11 is 6.17. The first-order valence-corrected chi connectivity index (χ1v) is 11.2. The maximum absolute atomic E-state index is 12.5. The number of aromatic amines is 1. The Morgan fingerprint density at radius 2 is 1.88 bits per heavy atom. The largest absolute Gasteiger partial charge is 0.469 e. The lowest BCUT2D eigenvalue weighted by Crippen LogP contribution is -2.30. The van der Waals surface area contributed by atoms with Crippen molar-refractivity contribution in [2.45, 2.75) is 26.8 Å². The van der Waals surface area contributed by atoms with Crippen LogP contribution >= 0.6 is 11.6 Å². The number of esters is 1. The maximum atomic E-state index is 12.5. The molecule has 2 aromatic heterocycles. The monoisotopic (exact) mass is 461 g/mol. The van der Waals surface area contributed by atoms with E-state index < -0.39 is 0 Å². The average molecular weight is 462 g/mol. The first-order valence-electron chi connectivity index (χ1n) is 10.8. The third-order valence-corrected chi connectivity index (χ3v) is 6.70. The molecule has 33 heavy (non-hydrogen) atoms. The fraction of sp³-hybridized carbons (Fsp3) is 0.231. The highest BCUT2D eigenvalue weighted by Crippen LogP contribution is 2.46. The minimum absolute atomic E-state index is 0.145. The number of carbonyl (C=O) groups excluding carboxylic acids is 1. The van der Waals surface area contributed by atoms with Crippen molar-refractivity contribution in [3.05, 3.63) is 80.7 Å². The molecule has 0 saturated carbocycles. The van der Waals surface area contributed by atoms with Gasteiger partial charge in [-0.3, -0.25) is 9.59 Å². The molecule has 0 atom stereocenters. The summed E-state index contributed by atoms with van der Waals surface area (Å²) in [6.45, 7) is 5.63. The van der Waals surface area contributed by atoms with Crippen LogP contribution in [0.2, 0.25) is 5.02 Å². The van der Waals surface area contributed by atoms with E-state index in [1.165, 1.54) is 13.2 Å². The van der Waals surface area contributed by atoms with Gasteiger partial charge in [-0.2, -0.15) is 0 Å². The molecule has 0 fully saturated rings. The number of aryl methyl sites for hydroxylation is 1. The molecule has 0 bridgehead atoms. The van der Waals surface area contributed by atoms with Crippen LogP contribution in [0.15, 0.2) is 53.3 Å². The van der Waals surface area contributed by atoms with Crippen LogP contribution < -0.4 is 10.5 Å². The van der Waals surface area contributed by atoms with Gasteiger partial charge < -0.3 is 19.2 Å². The Balaban J connectivity index is 1.87. The van der Waals surface area contributed by atoms with Gasteiger partial charge in [-0.25, -0.2) is 0 Å². The number of ether oxygens (including phenoxy) is 1. The second-order valence-electron chi connectivity index (χ2n) is 8.34. The van der Waals surface area contributed by atoms with Gasteiger partial charge in [0.25, 0.3) is 0 Å². The number of pyridine rings is 1. The molecule has 4 aromatic rings. The lowest BCUT2D eigenvalue weighted by molar-refractivity contribution is -0.139. The summed E-state index contributed by atoms with van der Waals surface area (Å²) in [6, 6.07) is 15.1. The van der Waals surface area contributed by atoms with Gasteiger partial charge in [0.1, 0.15) is 5.82 Å². The molecule has 5 rings (SSSR count). The number of nitrogens with zero attached hydrogens (tertiary/aromatic N) is 2. The fourth-order valence-corrected chi connectivity index (χ4v) is 5.07.